The predicted octanol–water partition coefficient (Wildman–Crippen LogP) is 4.12. The third-order valence-corrected chi connectivity index (χ3v) is 9.36. The van der Waals surface area contributed by atoms with E-state index in [1.807, 2.05) is 41.4 Å². The number of aryl methyl sites for hydroxylation is 1. The van der Waals surface area contributed by atoms with Gasteiger partial charge in [-0.05, 0) is 92.1 Å². The van der Waals surface area contributed by atoms with Gasteiger partial charge in [-0.2, -0.15) is 10.4 Å². The Bertz CT molecular complexity index is 1930. The number of amides is 1. The summed E-state index contributed by atoms with van der Waals surface area (Å²) in [7, 11) is 0. The fourth-order valence-electron chi connectivity index (χ4n) is 6.76. The number of nitriles is 1. The highest BCUT2D eigenvalue weighted by Crippen LogP contribution is 2.47. The molecule has 0 spiro atoms. The Labute approximate surface area is 254 Å². The summed E-state index contributed by atoms with van der Waals surface area (Å²) in [6.45, 7) is 1.42. The van der Waals surface area contributed by atoms with Gasteiger partial charge in [-0.1, -0.05) is 6.07 Å². The van der Waals surface area contributed by atoms with E-state index < -0.39 is 5.41 Å². The lowest BCUT2D eigenvalue weighted by Crippen LogP contribution is -2.47. The molecule has 0 radical (unpaired) electrons. The number of aromatic nitrogens is 6. The van der Waals surface area contributed by atoms with E-state index in [1.54, 1.807) is 17.1 Å². The van der Waals surface area contributed by atoms with Crippen molar-refractivity contribution in [2.24, 2.45) is 5.41 Å². The first-order valence-electron chi connectivity index (χ1n) is 15.2. The first-order valence-corrected chi connectivity index (χ1v) is 15.2. The van der Waals surface area contributed by atoms with Crippen molar-refractivity contribution < 1.29 is 4.79 Å². The van der Waals surface area contributed by atoms with Crippen LogP contribution in [0.1, 0.15) is 49.3 Å². The van der Waals surface area contributed by atoms with Gasteiger partial charge in [0.15, 0.2) is 17.3 Å². The van der Waals surface area contributed by atoms with Crippen molar-refractivity contribution in [2.75, 3.05) is 18.8 Å². The number of nitrogens with zero attached hydrogens (tertiary/aromatic N) is 8. The number of nitrogens with one attached hydrogen (secondary N) is 1. The number of anilines is 1. The number of nitrogen functional groups attached to an aromatic ring is 1. The normalized spacial score (nSPS) is 19.2. The number of benzene rings is 1. The molecule has 44 heavy (non-hydrogen) atoms. The number of carbonyl (C=O) groups is 1. The maximum Gasteiger partial charge on any atom is 0.243 e. The number of rotatable bonds is 6. The van der Waals surface area contributed by atoms with Crippen molar-refractivity contribution >= 4 is 22.9 Å². The number of hydrogen-bond donors (Lipinski definition) is 2. The van der Waals surface area contributed by atoms with Gasteiger partial charge in [0.05, 0.1) is 11.6 Å². The van der Waals surface area contributed by atoms with Crippen molar-refractivity contribution in [1.29, 1.82) is 5.26 Å². The second kappa shape index (κ2) is 10.3. The van der Waals surface area contributed by atoms with Gasteiger partial charge >= 0.3 is 0 Å². The summed E-state index contributed by atoms with van der Waals surface area (Å²) in [5.41, 5.74) is 11.4. The molecule has 0 bridgehead atoms. The molecule has 4 aromatic heterocycles. The molecule has 11 nitrogen and oxygen atoms in total. The fourth-order valence-corrected chi connectivity index (χ4v) is 6.76. The molecule has 1 aromatic carbocycles. The minimum atomic E-state index is -0.734. The molecule has 5 heterocycles. The second-order valence-electron chi connectivity index (χ2n) is 12.1. The molecule has 1 aliphatic heterocycles. The van der Waals surface area contributed by atoms with Crippen LogP contribution in [0.2, 0.25) is 0 Å². The number of carbonyl (C=O) groups excluding carboxylic acids is 1. The largest absolute Gasteiger partial charge is 0.383 e. The topological polar surface area (TPSA) is 144 Å². The highest BCUT2D eigenvalue weighted by atomic mass is 16.2. The number of likely N-dealkylation sites (tertiary alicyclic amines) is 1. The highest BCUT2D eigenvalue weighted by molar-refractivity contribution is 5.88. The third kappa shape index (κ3) is 4.41. The number of nitrogens with two attached hydrogens (primary N) is 1. The lowest BCUT2D eigenvalue weighted by atomic mass is 9.99. The summed E-state index contributed by atoms with van der Waals surface area (Å²) >= 11 is 0. The SMILES string of the molecule is N#CC1(C(=O)N2CCC(N[C@H]3CCc4cc(-n5c(-c6cccnc6N)nc6ccc(-n7cccn7)nc65)ccc43)CC2)CC1. The van der Waals surface area contributed by atoms with Crippen LogP contribution < -0.4 is 11.1 Å². The minimum absolute atomic E-state index is 0.0304. The lowest BCUT2D eigenvalue weighted by Gasteiger charge is -2.35. The molecule has 1 saturated carbocycles. The Kier molecular flexibility index (Phi) is 6.20. The second-order valence-corrected chi connectivity index (χ2v) is 12.1. The molecule has 1 saturated heterocycles. The van der Waals surface area contributed by atoms with Crippen molar-refractivity contribution in [1.82, 2.24) is 39.5 Å². The molecular weight excluding hydrogens is 552 g/mol. The van der Waals surface area contributed by atoms with Crippen LogP contribution in [0, 0.1) is 16.7 Å². The van der Waals surface area contributed by atoms with E-state index in [9.17, 15) is 10.1 Å². The first kappa shape index (κ1) is 26.5. The third-order valence-electron chi connectivity index (χ3n) is 9.36. The number of piperidine rings is 1. The average Bonchev–Trinajstić information content (AvgIpc) is 3.34. The molecule has 3 aliphatic rings. The molecule has 220 valence electrons. The Hall–Kier alpha value is -5.08. The van der Waals surface area contributed by atoms with Crippen molar-refractivity contribution in [2.45, 2.75) is 50.6 Å². The highest BCUT2D eigenvalue weighted by Gasteiger charge is 2.52. The van der Waals surface area contributed by atoms with Gasteiger partial charge < -0.3 is 16.0 Å². The maximum atomic E-state index is 12.8. The zero-order valence-corrected chi connectivity index (χ0v) is 24.2. The Morgan fingerprint density at radius 2 is 1.91 bits per heavy atom. The summed E-state index contributed by atoms with van der Waals surface area (Å²) in [4.78, 5) is 29.0. The van der Waals surface area contributed by atoms with E-state index in [-0.39, 0.29) is 11.9 Å². The Balaban J connectivity index is 1.08. The smallest absolute Gasteiger partial charge is 0.243 e. The van der Waals surface area contributed by atoms with E-state index in [1.165, 1.54) is 11.1 Å². The standard InChI is InChI=1S/C33H32N10O/c34-20-33(12-13-33)32(44)41-17-10-22(11-18-41)38-26-7-4-21-19-23(5-6-24(21)26)43-30(25-3-1-14-36-29(25)35)39-27-8-9-28(40-31(27)43)42-16-2-15-37-42/h1-3,5-6,8-9,14-16,19,22,26,38H,4,7,10-13,17-18H2,(H2,35,36)/t26-/m0/s1. The Morgan fingerprint density at radius 1 is 1.05 bits per heavy atom. The van der Waals surface area contributed by atoms with Crippen molar-refractivity contribution in [3.8, 4) is 29.0 Å². The van der Waals surface area contributed by atoms with Gasteiger partial charge in [0.25, 0.3) is 0 Å². The van der Waals surface area contributed by atoms with Crippen LogP contribution in [0.25, 0.3) is 34.1 Å². The van der Waals surface area contributed by atoms with Crippen molar-refractivity contribution in [3.05, 3.63) is 78.2 Å². The van der Waals surface area contributed by atoms with E-state index in [2.05, 4.69) is 44.2 Å². The molecule has 2 fully saturated rings. The summed E-state index contributed by atoms with van der Waals surface area (Å²) in [6, 6.07) is 19.0. The van der Waals surface area contributed by atoms with Gasteiger partial charge in [-0.15, -0.1) is 0 Å². The number of pyridine rings is 2. The minimum Gasteiger partial charge on any atom is -0.383 e. The predicted molar refractivity (Wildman–Crippen MR) is 165 cm³/mol. The fraction of sp³-hybridized carbons (Fsp3) is 0.333. The van der Waals surface area contributed by atoms with Crippen LogP contribution in [0.4, 0.5) is 5.82 Å². The van der Waals surface area contributed by atoms with Crippen molar-refractivity contribution in [3.63, 3.8) is 0 Å². The van der Waals surface area contributed by atoms with Gasteiger partial charge in [0.2, 0.25) is 5.91 Å². The quantitative estimate of drug-likeness (QED) is 0.303. The number of hydrogen-bond acceptors (Lipinski definition) is 8. The van der Waals surface area contributed by atoms with E-state index in [0.717, 1.165) is 48.1 Å². The molecule has 5 aromatic rings. The zero-order valence-electron chi connectivity index (χ0n) is 24.2. The van der Waals surface area contributed by atoms with Gasteiger partial charge in [-0.25, -0.2) is 19.6 Å². The van der Waals surface area contributed by atoms with Gasteiger partial charge in [-0.3, -0.25) is 9.36 Å². The molecule has 0 unspecified atom stereocenters. The summed E-state index contributed by atoms with van der Waals surface area (Å²) in [5, 5.41) is 17.7. The van der Waals surface area contributed by atoms with Crippen LogP contribution in [0.15, 0.2) is 67.1 Å². The molecular formula is C33H32N10O. The summed E-state index contributed by atoms with van der Waals surface area (Å²) < 4.78 is 3.80. The maximum absolute atomic E-state index is 12.8. The van der Waals surface area contributed by atoms with Gasteiger partial charge in [0, 0.05) is 49.5 Å². The van der Waals surface area contributed by atoms with Crippen LogP contribution >= 0.6 is 0 Å². The molecule has 8 rings (SSSR count). The van der Waals surface area contributed by atoms with Crippen LogP contribution in [0.5, 0.6) is 0 Å². The van der Waals surface area contributed by atoms with Crippen LogP contribution in [0.3, 0.4) is 0 Å². The molecule has 11 heteroatoms. The molecule has 1 amide bonds. The van der Waals surface area contributed by atoms with Gasteiger partial charge in [0.1, 0.15) is 16.7 Å². The molecule has 2 aliphatic carbocycles. The van der Waals surface area contributed by atoms with E-state index in [0.29, 0.717) is 49.4 Å². The van der Waals surface area contributed by atoms with Crippen LogP contribution in [-0.2, 0) is 11.2 Å². The molecule has 3 N–H and O–H groups in total. The Morgan fingerprint density at radius 3 is 2.66 bits per heavy atom. The number of fused-ring (bicyclic) bond motifs is 2. The lowest BCUT2D eigenvalue weighted by molar-refractivity contribution is -0.136. The first-order chi connectivity index (χ1) is 21.5. The van der Waals surface area contributed by atoms with E-state index >= 15 is 0 Å². The molecule has 1 atom stereocenters. The van der Waals surface area contributed by atoms with E-state index in [4.69, 9.17) is 15.7 Å². The average molecular weight is 585 g/mol. The monoisotopic (exact) mass is 584 g/mol. The number of imidazole rings is 1. The summed E-state index contributed by atoms with van der Waals surface area (Å²) in [5.74, 6) is 1.83. The van der Waals surface area contributed by atoms with Crippen LogP contribution in [-0.4, -0.2) is 59.2 Å². The summed E-state index contributed by atoms with van der Waals surface area (Å²) in [6.07, 6.45) is 10.5. The zero-order chi connectivity index (χ0) is 29.8.